The highest BCUT2D eigenvalue weighted by Gasteiger charge is 2.04. The van der Waals surface area contributed by atoms with Gasteiger partial charge in [-0.3, -0.25) is 0 Å². The third kappa shape index (κ3) is 7.72. The molecule has 0 aliphatic rings. The first-order valence-corrected chi connectivity index (χ1v) is 9.59. The molecule has 0 saturated heterocycles. The van der Waals surface area contributed by atoms with Gasteiger partial charge in [0.15, 0.2) is 0 Å². The van der Waals surface area contributed by atoms with Crippen molar-refractivity contribution in [3.8, 4) is 5.75 Å². The van der Waals surface area contributed by atoms with Gasteiger partial charge in [0, 0.05) is 5.33 Å². The quantitative estimate of drug-likeness (QED) is 0.280. The summed E-state index contributed by atoms with van der Waals surface area (Å²) >= 11 is 10.5. The van der Waals surface area contributed by atoms with Gasteiger partial charge in [-0.2, -0.15) is 0 Å². The maximum absolute atomic E-state index is 5.81. The van der Waals surface area contributed by atoms with E-state index < -0.39 is 0 Å². The first-order valence-electron chi connectivity index (χ1n) is 6.88. The molecule has 1 aromatic carbocycles. The molecule has 0 fully saturated rings. The van der Waals surface area contributed by atoms with E-state index in [1.807, 2.05) is 18.2 Å². The minimum Gasteiger partial charge on any atom is -0.491 e. The summed E-state index contributed by atoms with van der Waals surface area (Å²) in [7, 11) is 0. The van der Waals surface area contributed by atoms with Crippen molar-refractivity contribution in [3.05, 3.63) is 27.1 Å². The molecule has 0 N–H and O–H groups in total. The third-order valence-electron chi connectivity index (χ3n) is 2.94. The first kappa shape index (κ1) is 17.5. The average molecular weight is 457 g/mol. The van der Waals surface area contributed by atoms with Gasteiger partial charge in [-0.05, 0) is 56.8 Å². The van der Waals surface area contributed by atoms with Gasteiger partial charge in [-0.15, -0.1) is 0 Å². The molecule has 0 radical (unpaired) electrons. The molecule has 0 aromatic heterocycles. The molecule has 19 heavy (non-hydrogen) atoms. The van der Waals surface area contributed by atoms with E-state index in [4.69, 9.17) is 4.74 Å². The fourth-order valence-electron chi connectivity index (χ4n) is 1.88. The normalized spacial score (nSPS) is 10.7. The number of alkyl halides is 1. The van der Waals surface area contributed by atoms with Crippen LogP contribution in [0.1, 0.15) is 44.9 Å². The van der Waals surface area contributed by atoms with Crippen LogP contribution in [0.2, 0.25) is 0 Å². The van der Waals surface area contributed by atoms with E-state index in [2.05, 4.69) is 47.8 Å². The zero-order valence-electron chi connectivity index (χ0n) is 11.1. The molecule has 0 atom stereocenters. The van der Waals surface area contributed by atoms with Crippen LogP contribution in [0.15, 0.2) is 27.1 Å². The van der Waals surface area contributed by atoms with Crippen molar-refractivity contribution in [2.45, 2.75) is 44.9 Å². The largest absolute Gasteiger partial charge is 0.491 e. The fraction of sp³-hybridized carbons (Fsp3) is 0.600. The van der Waals surface area contributed by atoms with Crippen molar-refractivity contribution in [1.29, 1.82) is 0 Å². The molecule has 1 rings (SSSR count). The number of hydrogen-bond acceptors (Lipinski definition) is 1. The molecule has 1 nitrogen and oxygen atoms in total. The zero-order chi connectivity index (χ0) is 13.9. The first-order chi connectivity index (χ1) is 9.25. The van der Waals surface area contributed by atoms with Gasteiger partial charge in [-0.1, -0.05) is 54.1 Å². The second-order valence-electron chi connectivity index (χ2n) is 4.56. The summed E-state index contributed by atoms with van der Waals surface area (Å²) < 4.78 is 7.83. The highest BCUT2D eigenvalue weighted by atomic mass is 79.9. The van der Waals surface area contributed by atoms with Gasteiger partial charge < -0.3 is 4.74 Å². The number of para-hydroxylation sites is 1. The monoisotopic (exact) mass is 454 g/mol. The smallest absolute Gasteiger partial charge is 0.147 e. The number of halogens is 3. The lowest BCUT2D eigenvalue weighted by Gasteiger charge is -2.09. The Morgan fingerprint density at radius 3 is 1.89 bits per heavy atom. The van der Waals surface area contributed by atoms with Crippen molar-refractivity contribution < 1.29 is 4.74 Å². The van der Waals surface area contributed by atoms with Crippen molar-refractivity contribution in [2.24, 2.45) is 0 Å². The van der Waals surface area contributed by atoms with Crippen LogP contribution in [0.4, 0.5) is 0 Å². The van der Waals surface area contributed by atoms with E-state index >= 15 is 0 Å². The fourth-order valence-corrected chi connectivity index (χ4v) is 3.50. The molecule has 0 unspecified atom stereocenters. The van der Waals surface area contributed by atoms with Gasteiger partial charge in [0.25, 0.3) is 0 Å². The Labute approximate surface area is 141 Å². The van der Waals surface area contributed by atoms with Crippen LogP contribution in [0.25, 0.3) is 0 Å². The van der Waals surface area contributed by atoms with Crippen LogP contribution in [0.5, 0.6) is 5.75 Å². The molecule has 0 saturated carbocycles. The van der Waals surface area contributed by atoms with Crippen molar-refractivity contribution in [2.75, 3.05) is 11.9 Å². The lowest BCUT2D eigenvalue weighted by Crippen LogP contribution is -1.98. The molecule has 1 aromatic rings. The minimum absolute atomic E-state index is 0.794. The van der Waals surface area contributed by atoms with Crippen molar-refractivity contribution >= 4 is 47.8 Å². The maximum atomic E-state index is 5.81. The van der Waals surface area contributed by atoms with Gasteiger partial charge >= 0.3 is 0 Å². The maximum Gasteiger partial charge on any atom is 0.147 e. The van der Waals surface area contributed by atoms with E-state index in [9.17, 15) is 0 Å². The van der Waals surface area contributed by atoms with Crippen LogP contribution in [0.3, 0.4) is 0 Å². The number of benzene rings is 1. The summed E-state index contributed by atoms with van der Waals surface area (Å²) in [6, 6.07) is 6.00. The standard InChI is InChI=1S/C15H21Br3O/c16-11-6-4-2-1-3-5-7-12-19-15-13(17)9-8-10-14(15)18/h8-10H,1-7,11-12H2. The summed E-state index contributed by atoms with van der Waals surface area (Å²) in [6.45, 7) is 0.794. The Morgan fingerprint density at radius 2 is 1.32 bits per heavy atom. The van der Waals surface area contributed by atoms with E-state index in [-0.39, 0.29) is 0 Å². The van der Waals surface area contributed by atoms with Gasteiger partial charge in [0.2, 0.25) is 0 Å². The Morgan fingerprint density at radius 1 is 0.789 bits per heavy atom. The van der Waals surface area contributed by atoms with E-state index in [1.165, 1.54) is 38.5 Å². The van der Waals surface area contributed by atoms with E-state index in [1.54, 1.807) is 0 Å². The molecule has 0 heterocycles. The number of rotatable bonds is 10. The molecule has 4 heteroatoms. The van der Waals surface area contributed by atoms with E-state index in [0.717, 1.165) is 33.1 Å². The molecular formula is C15H21Br3O. The lowest BCUT2D eigenvalue weighted by atomic mass is 10.1. The van der Waals surface area contributed by atoms with Crippen molar-refractivity contribution in [1.82, 2.24) is 0 Å². The summed E-state index contributed by atoms with van der Waals surface area (Å²) in [5.41, 5.74) is 0. The second-order valence-corrected chi connectivity index (χ2v) is 7.06. The second kappa shape index (κ2) is 11.2. The Kier molecular flexibility index (Phi) is 10.3. The molecule has 0 amide bonds. The van der Waals surface area contributed by atoms with Crippen LogP contribution < -0.4 is 4.74 Å². The minimum atomic E-state index is 0.794. The number of hydrogen-bond donors (Lipinski definition) is 0. The predicted molar refractivity (Wildman–Crippen MR) is 93.5 cm³/mol. The Balaban J connectivity index is 2.05. The molecule has 0 bridgehead atoms. The number of ether oxygens (including phenoxy) is 1. The Hall–Kier alpha value is 0.460. The van der Waals surface area contributed by atoms with E-state index in [0.29, 0.717) is 0 Å². The van der Waals surface area contributed by atoms with Gasteiger partial charge in [-0.25, -0.2) is 0 Å². The van der Waals surface area contributed by atoms with Crippen molar-refractivity contribution in [3.63, 3.8) is 0 Å². The molecule has 0 aliphatic heterocycles. The summed E-state index contributed by atoms with van der Waals surface area (Å²) in [5, 5.41) is 1.14. The van der Waals surface area contributed by atoms with Gasteiger partial charge in [0.05, 0.1) is 15.6 Å². The van der Waals surface area contributed by atoms with Crippen LogP contribution >= 0.6 is 47.8 Å². The van der Waals surface area contributed by atoms with Crippen LogP contribution in [-0.4, -0.2) is 11.9 Å². The molecule has 108 valence electrons. The van der Waals surface area contributed by atoms with Crippen LogP contribution in [0, 0.1) is 0 Å². The zero-order valence-corrected chi connectivity index (χ0v) is 15.9. The molecular weight excluding hydrogens is 436 g/mol. The lowest BCUT2D eigenvalue weighted by molar-refractivity contribution is 0.301. The third-order valence-corrected chi connectivity index (χ3v) is 4.75. The van der Waals surface area contributed by atoms with Crippen LogP contribution in [-0.2, 0) is 0 Å². The highest BCUT2D eigenvalue weighted by Crippen LogP contribution is 2.33. The number of unbranched alkanes of at least 4 members (excludes halogenated alkanes) is 6. The summed E-state index contributed by atoms with van der Waals surface area (Å²) in [5.74, 6) is 0.917. The molecule has 0 aliphatic carbocycles. The average Bonchev–Trinajstić information content (AvgIpc) is 2.40. The Bertz CT molecular complexity index is 335. The topological polar surface area (TPSA) is 9.23 Å². The highest BCUT2D eigenvalue weighted by molar-refractivity contribution is 9.11. The van der Waals surface area contributed by atoms with Gasteiger partial charge in [0.1, 0.15) is 5.75 Å². The predicted octanol–water partition coefficient (Wildman–Crippen LogP) is 6.72. The molecule has 0 spiro atoms. The summed E-state index contributed by atoms with van der Waals surface area (Å²) in [4.78, 5) is 0. The SMILES string of the molecule is BrCCCCCCCCCOc1c(Br)cccc1Br. The summed E-state index contributed by atoms with van der Waals surface area (Å²) in [6.07, 6.45) is 9.09.